The molecule has 104 valence electrons. The number of nitrogens with one attached hydrogen (secondary N) is 1. The monoisotopic (exact) mass is 289 g/mol. The summed E-state index contributed by atoms with van der Waals surface area (Å²) >= 11 is 1.56. The fourth-order valence-corrected chi connectivity index (χ4v) is 2.77. The van der Waals surface area contributed by atoms with Crippen molar-refractivity contribution in [1.29, 1.82) is 0 Å². The predicted molar refractivity (Wildman–Crippen MR) is 79.7 cm³/mol. The van der Waals surface area contributed by atoms with Gasteiger partial charge in [-0.3, -0.25) is 4.68 Å². The lowest BCUT2D eigenvalue weighted by atomic mass is 10.3. The fraction of sp³-hybridized carbons (Fsp3) is 0.308. The zero-order valence-electron chi connectivity index (χ0n) is 11.8. The highest BCUT2D eigenvalue weighted by atomic mass is 32.1. The largest absolute Gasteiger partial charge is 0.434 e. The first kappa shape index (κ1) is 12.9. The topological polar surface area (TPSA) is 64.9 Å². The van der Waals surface area contributed by atoms with Crippen molar-refractivity contribution in [2.45, 2.75) is 13.8 Å². The summed E-state index contributed by atoms with van der Waals surface area (Å²) in [6.45, 7) is 3.90. The smallest absolute Gasteiger partial charge is 0.233 e. The van der Waals surface area contributed by atoms with Gasteiger partial charge in [-0.05, 0) is 25.3 Å². The Morgan fingerprint density at radius 1 is 1.30 bits per heavy atom. The van der Waals surface area contributed by atoms with E-state index in [-0.39, 0.29) is 0 Å². The number of hydrogen-bond acceptors (Lipinski definition) is 6. The van der Waals surface area contributed by atoms with Gasteiger partial charge in [-0.15, -0.1) is 11.3 Å². The molecule has 0 unspecified atom stereocenters. The van der Waals surface area contributed by atoms with Gasteiger partial charge in [0.2, 0.25) is 11.8 Å². The average molecular weight is 289 g/mol. The first-order valence-electron chi connectivity index (χ1n) is 6.21. The van der Waals surface area contributed by atoms with Crippen molar-refractivity contribution >= 4 is 27.5 Å². The lowest BCUT2D eigenvalue weighted by molar-refractivity contribution is 0.461. The summed E-state index contributed by atoms with van der Waals surface area (Å²) < 4.78 is 7.81. The molecule has 0 saturated heterocycles. The van der Waals surface area contributed by atoms with Crippen LogP contribution in [0.4, 0.5) is 5.95 Å². The molecule has 3 rings (SSSR count). The molecule has 0 aliphatic heterocycles. The summed E-state index contributed by atoms with van der Waals surface area (Å²) in [5.74, 6) is 1.86. The second-order valence-corrected chi connectivity index (χ2v) is 5.36. The molecule has 1 N–H and O–H groups in total. The Kier molecular flexibility index (Phi) is 3.06. The van der Waals surface area contributed by atoms with E-state index in [4.69, 9.17) is 4.74 Å². The van der Waals surface area contributed by atoms with Gasteiger partial charge in [-0.1, -0.05) is 0 Å². The van der Waals surface area contributed by atoms with Gasteiger partial charge in [0.1, 0.15) is 10.5 Å². The lowest BCUT2D eigenvalue weighted by Crippen LogP contribution is -1.99. The third-order valence-electron chi connectivity index (χ3n) is 3.16. The number of nitrogens with zero attached hydrogens (tertiary/aromatic N) is 4. The first-order valence-corrected chi connectivity index (χ1v) is 7.09. The van der Waals surface area contributed by atoms with Gasteiger partial charge < -0.3 is 10.1 Å². The first-order chi connectivity index (χ1) is 9.60. The van der Waals surface area contributed by atoms with Crippen LogP contribution < -0.4 is 10.1 Å². The lowest BCUT2D eigenvalue weighted by Gasteiger charge is -2.08. The molecule has 7 heteroatoms. The highest BCUT2D eigenvalue weighted by Crippen LogP contribution is 2.33. The molecule has 20 heavy (non-hydrogen) atoms. The van der Waals surface area contributed by atoms with Crippen LogP contribution in [0.3, 0.4) is 0 Å². The van der Waals surface area contributed by atoms with E-state index in [1.54, 1.807) is 23.1 Å². The maximum Gasteiger partial charge on any atom is 0.233 e. The minimum Gasteiger partial charge on any atom is -0.434 e. The summed E-state index contributed by atoms with van der Waals surface area (Å²) in [4.78, 5) is 9.71. The maximum atomic E-state index is 6.01. The summed E-state index contributed by atoms with van der Waals surface area (Å²) in [6.07, 6.45) is 0. The Morgan fingerprint density at radius 2 is 2.10 bits per heavy atom. The number of hydrogen-bond donors (Lipinski definition) is 1. The van der Waals surface area contributed by atoms with Crippen molar-refractivity contribution in [2.75, 3.05) is 12.4 Å². The van der Waals surface area contributed by atoms with Crippen LogP contribution in [0.1, 0.15) is 11.4 Å². The van der Waals surface area contributed by atoms with Crippen LogP contribution in [0.25, 0.3) is 10.2 Å². The van der Waals surface area contributed by atoms with Gasteiger partial charge in [-0.25, -0.2) is 4.98 Å². The van der Waals surface area contributed by atoms with Gasteiger partial charge >= 0.3 is 0 Å². The minimum absolute atomic E-state index is 0.550. The zero-order valence-corrected chi connectivity index (χ0v) is 12.6. The van der Waals surface area contributed by atoms with Crippen molar-refractivity contribution < 1.29 is 4.74 Å². The number of rotatable bonds is 3. The quantitative estimate of drug-likeness (QED) is 0.803. The normalized spacial score (nSPS) is 11.0. The van der Waals surface area contributed by atoms with Gasteiger partial charge in [0, 0.05) is 14.1 Å². The number of anilines is 1. The Hall–Kier alpha value is -2.15. The molecule has 0 radical (unpaired) electrons. The van der Waals surface area contributed by atoms with E-state index < -0.39 is 0 Å². The van der Waals surface area contributed by atoms with E-state index in [1.807, 2.05) is 32.3 Å². The zero-order chi connectivity index (χ0) is 14.3. The summed E-state index contributed by atoms with van der Waals surface area (Å²) in [5.41, 5.74) is 1.81. The third-order valence-corrected chi connectivity index (χ3v) is 3.96. The summed E-state index contributed by atoms with van der Waals surface area (Å²) in [6, 6.07) is 1.97. The van der Waals surface area contributed by atoms with Crippen LogP contribution in [-0.4, -0.2) is 26.8 Å². The number of thiophene rings is 1. The van der Waals surface area contributed by atoms with Gasteiger partial charge in [0.05, 0.1) is 11.1 Å². The highest BCUT2D eigenvalue weighted by Gasteiger charge is 2.16. The number of aromatic nitrogens is 4. The molecule has 0 bridgehead atoms. The molecule has 0 aliphatic carbocycles. The van der Waals surface area contributed by atoms with Crippen molar-refractivity contribution in [2.24, 2.45) is 7.05 Å². The minimum atomic E-state index is 0.550. The molecule has 0 aliphatic rings. The van der Waals surface area contributed by atoms with Crippen molar-refractivity contribution in [3.63, 3.8) is 0 Å². The van der Waals surface area contributed by atoms with Crippen LogP contribution in [0.2, 0.25) is 0 Å². The molecular formula is C13H15N5OS. The predicted octanol–water partition coefficient (Wildman–Crippen LogP) is 2.88. The molecule has 0 spiro atoms. The molecule has 0 aromatic carbocycles. The van der Waals surface area contributed by atoms with Crippen molar-refractivity contribution in [3.8, 4) is 11.6 Å². The van der Waals surface area contributed by atoms with Crippen molar-refractivity contribution in [3.05, 3.63) is 22.8 Å². The van der Waals surface area contributed by atoms with E-state index >= 15 is 0 Å². The van der Waals surface area contributed by atoms with E-state index in [2.05, 4.69) is 20.4 Å². The second-order valence-electron chi connectivity index (χ2n) is 4.47. The van der Waals surface area contributed by atoms with E-state index in [1.165, 1.54) is 0 Å². The Morgan fingerprint density at radius 3 is 2.75 bits per heavy atom. The van der Waals surface area contributed by atoms with Gasteiger partial charge in [0.15, 0.2) is 5.75 Å². The molecule has 6 nitrogen and oxygen atoms in total. The second kappa shape index (κ2) is 4.75. The van der Waals surface area contributed by atoms with Crippen LogP contribution in [-0.2, 0) is 7.05 Å². The average Bonchev–Trinajstić information content (AvgIpc) is 2.99. The van der Waals surface area contributed by atoms with E-state index in [0.29, 0.717) is 11.8 Å². The van der Waals surface area contributed by atoms with Crippen LogP contribution in [0, 0.1) is 13.8 Å². The molecule has 3 aromatic rings. The Bertz CT molecular complexity index is 777. The Balaban J connectivity index is 2.12. The highest BCUT2D eigenvalue weighted by molar-refractivity contribution is 7.16. The van der Waals surface area contributed by atoms with E-state index in [0.717, 1.165) is 27.4 Å². The molecule has 0 amide bonds. The summed E-state index contributed by atoms with van der Waals surface area (Å²) in [7, 11) is 3.69. The molecule has 0 atom stereocenters. The van der Waals surface area contributed by atoms with Crippen LogP contribution in [0.15, 0.2) is 11.4 Å². The molecule has 3 aromatic heterocycles. The SMILES string of the molecule is CNc1nc(Oc2c(C)nn(C)c2C)c2ccsc2n1. The number of aryl methyl sites for hydroxylation is 2. The van der Waals surface area contributed by atoms with Crippen LogP contribution in [0.5, 0.6) is 11.6 Å². The van der Waals surface area contributed by atoms with E-state index in [9.17, 15) is 0 Å². The maximum absolute atomic E-state index is 6.01. The number of ether oxygens (including phenoxy) is 1. The summed E-state index contributed by atoms with van der Waals surface area (Å²) in [5, 5.41) is 10.2. The van der Waals surface area contributed by atoms with Gasteiger partial charge in [0.25, 0.3) is 0 Å². The standard InChI is InChI=1S/C13H15N5OS/c1-7-10(8(2)18(4)17-7)19-11-9-5-6-20-12(9)16-13(14-3)15-11/h5-6H,1-4H3,(H,14,15,16). The molecule has 0 fully saturated rings. The Labute approximate surface area is 120 Å². The molecule has 0 saturated carbocycles. The third kappa shape index (κ3) is 2.00. The molecular weight excluding hydrogens is 274 g/mol. The van der Waals surface area contributed by atoms with Crippen LogP contribution >= 0.6 is 11.3 Å². The molecule has 3 heterocycles. The van der Waals surface area contributed by atoms with Crippen molar-refractivity contribution in [1.82, 2.24) is 19.7 Å². The fourth-order valence-electron chi connectivity index (χ4n) is 2.02. The van der Waals surface area contributed by atoms with Gasteiger partial charge in [-0.2, -0.15) is 10.1 Å². The number of fused-ring (bicyclic) bond motifs is 1.